The Kier molecular flexibility index (Phi) is 6.53. The van der Waals surface area contributed by atoms with Gasteiger partial charge < -0.3 is 9.68 Å². The maximum absolute atomic E-state index is 13.0. The summed E-state index contributed by atoms with van der Waals surface area (Å²) in [6, 6.07) is 6.63. The summed E-state index contributed by atoms with van der Waals surface area (Å²) >= 11 is 0. The minimum Gasteiger partial charge on any atom is -0.363 e. The number of benzene rings is 1. The third-order valence-electron chi connectivity index (χ3n) is 7.04. The van der Waals surface area contributed by atoms with Crippen molar-refractivity contribution in [3.8, 4) is 0 Å². The van der Waals surface area contributed by atoms with Crippen LogP contribution in [0.15, 0.2) is 24.3 Å². The molecule has 6 nitrogen and oxygen atoms in total. The minimum atomic E-state index is -0.457. The first-order valence-corrected chi connectivity index (χ1v) is 11.8. The SMILES string of the molecule is CC1(C)CCCC(C)(C)N1OC(=O)c1cccc(C(=O)ON2C(C)(C)CCCC2(C)C)c1. The molecule has 0 amide bonds. The van der Waals surface area contributed by atoms with Crippen LogP contribution in [-0.4, -0.2) is 44.2 Å². The molecule has 1 aromatic rings. The van der Waals surface area contributed by atoms with Gasteiger partial charge in [-0.15, -0.1) is 10.1 Å². The van der Waals surface area contributed by atoms with Crippen molar-refractivity contribution >= 4 is 11.9 Å². The minimum absolute atomic E-state index is 0.251. The van der Waals surface area contributed by atoms with Gasteiger partial charge in [0.15, 0.2) is 0 Å². The molecule has 0 N–H and O–H groups in total. The maximum Gasteiger partial charge on any atom is 0.357 e. The lowest BCUT2D eigenvalue weighted by molar-refractivity contribution is -0.241. The smallest absolute Gasteiger partial charge is 0.357 e. The molecule has 6 heteroatoms. The number of carbonyl (C=O) groups is 2. The fraction of sp³-hybridized carbons (Fsp3) is 0.692. The molecule has 0 saturated carbocycles. The van der Waals surface area contributed by atoms with E-state index >= 15 is 0 Å². The summed E-state index contributed by atoms with van der Waals surface area (Å²) in [7, 11) is 0. The second-order valence-electron chi connectivity index (χ2n) is 11.9. The lowest BCUT2D eigenvalue weighted by Gasteiger charge is -2.50. The van der Waals surface area contributed by atoms with Crippen LogP contribution in [0.1, 0.15) is 115 Å². The standard InChI is InChI=1S/C26H40N2O4/c1-23(2)14-10-15-24(3,4)27(23)31-21(29)19-12-9-13-20(18-19)22(30)32-28-25(5,6)16-11-17-26(28,7)8/h9,12-13,18H,10-11,14-17H2,1-8H3. The summed E-state index contributed by atoms with van der Waals surface area (Å²) in [6.07, 6.45) is 6.01. The Morgan fingerprint density at radius 2 is 0.969 bits per heavy atom. The van der Waals surface area contributed by atoms with E-state index in [1.54, 1.807) is 24.3 Å². The van der Waals surface area contributed by atoms with E-state index in [-0.39, 0.29) is 22.2 Å². The van der Waals surface area contributed by atoms with Crippen LogP contribution in [0.2, 0.25) is 0 Å². The predicted octanol–water partition coefficient (Wildman–Crippen LogP) is 5.92. The van der Waals surface area contributed by atoms with Gasteiger partial charge >= 0.3 is 11.9 Å². The normalized spacial score (nSPS) is 24.5. The Morgan fingerprint density at radius 1 is 0.656 bits per heavy atom. The molecule has 0 unspecified atom stereocenters. The zero-order valence-corrected chi connectivity index (χ0v) is 21.1. The van der Waals surface area contributed by atoms with Crippen molar-refractivity contribution < 1.29 is 19.3 Å². The molecule has 2 aliphatic rings. The van der Waals surface area contributed by atoms with Crippen LogP contribution in [0, 0.1) is 0 Å². The molecule has 1 aromatic carbocycles. The highest BCUT2D eigenvalue weighted by atomic mass is 16.7. The summed E-state index contributed by atoms with van der Waals surface area (Å²) in [6.45, 7) is 16.8. The molecule has 0 bridgehead atoms. The monoisotopic (exact) mass is 444 g/mol. The van der Waals surface area contributed by atoms with Crippen molar-refractivity contribution in [2.75, 3.05) is 0 Å². The highest BCUT2D eigenvalue weighted by Crippen LogP contribution is 2.40. The molecule has 2 aliphatic heterocycles. The summed E-state index contributed by atoms with van der Waals surface area (Å²) in [5, 5.41) is 3.66. The Hall–Kier alpha value is -1.92. The van der Waals surface area contributed by atoms with E-state index in [1.807, 2.05) is 10.1 Å². The van der Waals surface area contributed by atoms with Crippen LogP contribution in [0.5, 0.6) is 0 Å². The van der Waals surface area contributed by atoms with Crippen molar-refractivity contribution in [1.82, 2.24) is 10.1 Å². The van der Waals surface area contributed by atoms with Crippen LogP contribution in [0.25, 0.3) is 0 Å². The molecule has 178 valence electrons. The fourth-order valence-electron chi connectivity index (χ4n) is 5.49. The van der Waals surface area contributed by atoms with Gasteiger partial charge in [-0.1, -0.05) is 6.07 Å². The Balaban J connectivity index is 1.77. The first-order valence-electron chi connectivity index (χ1n) is 11.8. The van der Waals surface area contributed by atoms with Crippen molar-refractivity contribution in [3.05, 3.63) is 35.4 Å². The topological polar surface area (TPSA) is 59.1 Å². The van der Waals surface area contributed by atoms with Gasteiger partial charge in [0.05, 0.1) is 33.3 Å². The van der Waals surface area contributed by atoms with E-state index in [9.17, 15) is 9.59 Å². The van der Waals surface area contributed by atoms with Gasteiger partial charge in [-0.2, -0.15) is 0 Å². The van der Waals surface area contributed by atoms with E-state index in [2.05, 4.69) is 55.4 Å². The molecule has 0 aliphatic carbocycles. The average Bonchev–Trinajstić information content (AvgIpc) is 2.67. The van der Waals surface area contributed by atoms with Gasteiger partial charge in [-0.05, 0) is 112 Å². The lowest BCUT2D eigenvalue weighted by Crippen LogP contribution is -2.59. The third-order valence-corrected chi connectivity index (χ3v) is 7.04. The van der Waals surface area contributed by atoms with Crippen LogP contribution in [0.3, 0.4) is 0 Å². The lowest BCUT2D eigenvalue weighted by atomic mass is 9.82. The number of hydrogen-bond acceptors (Lipinski definition) is 6. The van der Waals surface area contributed by atoms with Gasteiger partial charge in [0.25, 0.3) is 0 Å². The Labute approximate surface area is 193 Å². The van der Waals surface area contributed by atoms with E-state index in [4.69, 9.17) is 9.68 Å². The van der Waals surface area contributed by atoms with Crippen LogP contribution in [0.4, 0.5) is 0 Å². The number of hydrogen-bond donors (Lipinski definition) is 0. The quantitative estimate of drug-likeness (QED) is 0.575. The van der Waals surface area contributed by atoms with Crippen molar-refractivity contribution in [2.45, 2.75) is 116 Å². The van der Waals surface area contributed by atoms with Gasteiger partial charge in [0.2, 0.25) is 0 Å². The maximum atomic E-state index is 13.0. The largest absolute Gasteiger partial charge is 0.363 e. The van der Waals surface area contributed by atoms with E-state index < -0.39 is 11.9 Å². The van der Waals surface area contributed by atoms with Gasteiger partial charge in [-0.3, -0.25) is 0 Å². The van der Waals surface area contributed by atoms with Crippen LogP contribution in [-0.2, 0) is 9.68 Å². The van der Waals surface area contributed by atoms with Crippen molar-refractivity contribution in [3.63, 3.8) is 0 Å². The molecule has 0 spiro atoms. The van der Waals surface area contributed by atoms with Gasteiger partial charge in [0.1, 0.15) is 0 Å². The summed E-state index contributed by atoms with van der Waals surface area (Å²) in [4.78, 5) is 37.8. The number of hydroxylamine groups is 4. The second-order valence-corrected chi connectivity index (χ2v) is 11.9. The molecule has 0 aromatic heterocycles. The molecule has 2 fully saturated rings. The number of rotatable bonds is 4. The first-order chi connectivity index (χ1) is 14.7. The Bertz CT molecular complexity index is 773. The third kappa shape index (κ3) is 5.01. The van der Waals surface area contributed by atoms with Crippen LogP contribution >= 0.6 is 0 Å². The number of carbonyl (C=O) groups excluding carboxylic acids is 2. The molecule has 0 radical (unpaired) electrons. The second kappa shape index (κ2) is 8.45. The van der Waals surface area contributed by atoms with E-state index in [0.29, 0.717) is 11.1 Å². The van der Waals surface area contributed by atoms with E-state index in [1.165, 1.54) is 0 Å². The van der Waals surface area contributed by atoms with Crippen molar-refractivity contribution in [1.29, 1.82) is 0 Å². The van der Waals surface area contributed by atoms with E-state index in [0.717, 1.165) is 38.5 Å². The summed E-state index contributed by atoms with van der Waals surface area (Å²) < 4.78 is 0. The zero-order chi connectivity index (χ0) is 23.9. The van der Waals surface area contributed by atoms with Crippen LogP contribution < -0.4 is 0 Å². The summed E-state index contributed by atoms with van der Waals surface area (Å²) in [5.41, 5.74) is -0.320. The molecule has 2 saturated heterocycles. The zero-order valence-electron chi connectivity index (χ0n) is 21.1. The molecular weight excluding hydrogens is 404 g/mol. The molecule has 0 atom stereocenters. The summed E-state index contributed by atoms with van der Waals surface area (Å²) in [5.74, 6) is -0.914. The molecule has 3 rings (SSSR count). The van der Waals surface area contributed by atoms with Gasteiger partial charge in [0, 0.05) is 0 Å². The highest BCUT2D eigenvalue weighted by Gasteiger charge is 2.45. The fourth-order valence-corrected chi connectivity index (χ4v) is 5.49. The number of piperidine rings is 2. The molecule has 2 heterocycles. The molecule has 32 heavy (non-hydrogen) atoms. The first kappa shape index (κ1) is 24.7. The average molecular weight is 445 g/mol. The number of nitrogens with zero attached hydrogens (tertiary/aromatic N) is 2. The molecular formula is C26H40N2O4. The predicted molar refractivity (Wildman–Crippen MR) is 125 cm³/mol. The van der Waals surface area contributed by atoms with Gasteiger partial charge in [-0.25, -0.2) is 9.59 Å². The Morgan fingerprint density at radius 3 is 1.28 bits per heavy atom. The van der Waals surface area contributed by atoms with Crippen molar-refractivity contribution in [2.24, 2.45) is 0 Å². The highest BCUT2D eigenvalue weighted by molar-refractivity contribution is 5.95.